The first-order valence-electron chi connectivity index (χ1n) is 10.6. The number of nitrogens with zero attached hydrogens (tertiary/aromatic N) is 1. The van der Waals surface area contributed by atoms with Crippen molar-refractivity contribution in [2.45, 2.75) is 96.8 Å². The molecule has 0 aliphatic heterocycles. The molecule has 0 aliphatic carbocycles. The fourth-order valence-corrected chi connectivity index (χ4v) is 4.28. The molecule has 1 rings (SSSR count). The molecule has 0 aliphatic rings. The average molecular weight is 381 g/mol. The van der Waals surface area contributed by atoms with Crippen LogP contribution in [0.5, 0.6) is 0 Å². The summed E-state index contributed by atoms with van der Waals surface area (Å²) in [6.07, 6.45) is 17.8. The highest BCUT2D eigenvalue weighted by Gasteiger charge is 2.11. The summed E-state index contributed by atoms with van der Waals surface area (Å²) >= 11 is 0. The number of sulfonamides is 1. The molecule has 0 heterocycles. The number of hydrogen-bond acceptors (Lipinski definition) is 2. The smallest absolute Gasteiger partial charge is 0.205 e. The van der Waals surface area contributed by atoms with Gasteiger partial charge in [0.1, 0.15) is 0 Å². The molecule has 1 aromatic carbocycles. The van der Waals surface area contributed by atoms with E-state index in [0.29, 0.717) is 5.69 Å². The Hall–Kier alpha value is -1.03. The molecule has 0 saturated carbocycles. The molecule has 0 unspecified atom stereocenters. The van der Waals surface area contributed by atoms with E-state index in [2.05, 4.69) is 11.6 Å². The van der Waals surface area contributed by atoms with E-state index in [1.807, 2.05) is 6.07 Å². The van der Waals surface area contributed by atoms with Gasteiger partial charge in [-0.15, -0.1) is 0 Å². The van der Waals surface area contributed by atoms with E-state index in [0.717, 1.165) is 19.3 Å². The van der Waals surface area contributed by atoms with Crippen LogP contribution in [0.4, 0.5) is 5.69 Å². The van der Waals surface area contributed by atoms with Crippen LogP contribution in [0.3, 0.4) is 0 Å². The zero-order chi connectivity index (χ0) is 18.9. The van der Waals surface area contributed by atoms with Gasteiger partial charge in [0.2, 0.25) is 0 Å². The minimum absolute atomic E-state index is 0.167. The van der Waals surface area contributed by atoms with E-state index in [1.54, 1.807) is 24.3 Å². The molecule has 3 nitrogen and oxygen atoms in total. The molecule has 0 bridgehead atoms. The molecule has 0 amide bonds. The summed E-state index contributed by atoms with van der Waals surface area (Å²) in [7, 11) is -3.33. The van der Waals surface area contributed by atoms with Crippen LogP contribution in [0.2, 0.25) is 0 Å². The van der Waals surface area contributed by atoms with Crippen LogP contribution in [0, 0.1) is 0 Å². The first kappa shape index (κ1) is 23.0. The quantitative estimate of drug-likeness (QED) is 0.281. The lowest BCUT2D eigenvalue weighted by Gasteiger charge is -2.05. The van der Waals surface area contributed by atoms with Gasteiger partial charge < -0.3 is 0 Å². The fourth-order valence-electron chi connectivity index (χ4n) is 3.17. The second-order valence-electron chi connectivity index (χ2n) is 7.31. The van der Waals surface area contributed by atoms with Gasteiger partial charge in [-0.1, -0.05) is 109 Å². The van der Waals surface area contributed by atoms with E-state index in [4.69, 9.17) is 0 Å². The van der Waals surface area contributed by atoms with Crippen molar-refractivity contribution in [3.63, 3.8) is 0 Å². The number of benzene rings is 1. The lowest BCUT2D eigenvalue weighted by atomic mass is 10.0. The summed E-state index contributed by atoms with van der Waals surface area (Å²) in [6.45, 7) is 2.26. The second kappa shape index (κ2) is 15.1. The molecule has 1 aromatic rings. The molecular weight excluding hydrogens is 342 g/mol. The Morgan fingerprint density at radius 2 is 1.08 bits per heavy atom. The minimum Gasteiger partial charge on any atom is -0.205 e. The predicted octanol–water partition coefficient (Wildman–Crippen LogP) is 6.73. The van der Waals surface area contributed by atoms with Crippen molar-refractivity contribution in [1.82, 2.24) is 4.72 Å². The van der Waals surface area contributed by atoms with Gasteiger partial charge in [0.25, 0.3) is 10.0 Å². The van der Waals surface area contributed by atoms with Crippen molar-refractivity contribution in [3.05, 3.63) is 30.3 Å². The maximum atomic E-state index is 12.0. The Kier molecular flexibility index (Phi) is 13.3. The van der Waals surface area contributed by atoms with E-state index in [9.17, 15) is 8.42 Å². The zero-order valence-electron chi connectivity index (χ0n) is 16.7. The lowest BCUT2D eigenvalue weighted by Crippen LogP contribution is -2.15. The summed E-state index contributed by atoms with van der Waals surface area (Å²) in [6, 6.07) is 8.92. The third-order valence-corrected chi connectivity index (χ3v) is 6.05. The number of rotatable bonds is 17. The molecule has 1 radical (unpaired) electrons. The molecule has 0 fully saturated rings. The van der Waals surface area contributed by atoms with Crippen LogP contribution >= 0.6 is 0 Å². The molecular formula is C22H38NO2S. The zero-order valence-corrected chi connectivity index (χ0v) is 17.5. The molecule has 0 aromatic heterocycles. The molecule has 0 atom stereocenters. The van der Waals surface area contributed by atoms with Gasteiger partial charge in [-0.3, -0.25) is 0 Å². The highest BCUT2D eigenvalue weighted by atomic mass is 32.2. The lowest BCUT2D eigenvalue weighted by molar-refractivity contribution is 0.537. The van der Waals surface area contributed by atoms with Crippen molar-refractivity contribution in [1.29, 1.82) is 0 Å². The van der Waals surface area contributed by atoms with Gasteiger partial charge in [0.15, 0.2) is 0 Å². The Morgan fingerprint density at radius 3 is 1.54 bits per heavy atom. The van der Waals surface area contributed by atoms with Crippen LogP contribution < -0.4 is 4.72 Å². The third-order valence-electron chi connectivity index (χ3n) is 4.76. The topological polar surface area (TPSA) is 48.2 Å². The summed E-state index contributed by atoms with van der Waals surface area (Å²) in [5.41, 5.74) is 0.526. The minimum atomic E-state index is -3.33. The maximum absolute atomic E-state index is 12.0. The van der Waals surface area contributed by atoms with Crippen LogP contribution in [0.15, 0.2) is 30.3 Å². The summed E-state index contributed by atoms with van der Waals surface area (Å²) in [5, 5.41) is 0. The number of unbranched alkanes of at least 4 members (excludes halogenated alkanes) is 13. The van der Waals surface area contributed by atoms with Crippen LogP contribution in [0.25, 0.3) is 0 Å². The first-order chi connectivity index (χ1) is 12.6. The van der Waals surface area contributed by atoms with Gasteiger partial charge in [-0.25, -0.2) is 8.42 Å². The van der Waals surface area contributed by atoms with Crippen molar-refractivity contribution >= 4 is 15.7 Å². The Bertz CT molecular complexity index is 528. The second-order valence-corrected chi connectivity index (χ2v) is 9.06. The van der Waals surface area contributed by atoms with Crippen molar-refractivity contribution in [3.8, 4) is 0 Å². The molecule has 26 heavy (non-hydrogen) atoms. The molecule has 0 spiro atoms. The van der Waals surface area contributed by atoms with Gasteiger partial charge >= 0.3 is 0 Å². The SMILES string of the molecule is CCCCCCCCCCCCCCCCS(=O)(=O)[N]c1ccccc1. The molecule has 0 saturated heterocycles. The molecule has 4 heteroatoms. The van der Waals surface area contributed by atoms with Gasteiger partial charge in [0.05, 0.1) is 11.4 Å². The largest absolute Gasteiger partial charge is 0.253 e. The van der Waals surface area contributed by atoms with Crippen molar-refractivity contribution in [2.24, 2.45) is 0 Å². The standard InChI is InChI=1S/C22H38NO2S/c1-2-3-4-5-6-7-8-9-10-11-12-13-14-18-21-26(24,25)23-22-19-16-15-17-20-22/h15-17,19-20H,2-14,18,21H2,1H3. The third kappa shape index (κ3) is 13.2. The Balaban J connectivity index is 1.88. The summed E-state index contributed by atoms with van der Waals surface area (Å²) in [4.78, 5) is 0. The predicted molar refractivity (Wildman–Crippen MR) is 112 cm³/mol. The Labute approximate surface area is 162 Å². The van der Waals surface area contributed by atoms with E-state index in [-0.39, 0.29) is 5.75 Å². The monoisotopic (exact) mass is 380 g/mol. The van der Waals surface area contributed by atoms with E-state index in [1.165, 1.54) is 70.6 Å². The van der Waals surface area contributed by atoms with Crippen LogP contribution in [-0.4, -0.2) is 14.2 Å². The fraction of sp³-hybridized carbons (Fsp3) is 0.727. The van der Waals surface area contributed by atoms with E-state index < -0.39 is 10.0 Å². The van der Waals surface area contributed by atoms with Crippen LogP contribution in [-0.2, 0) is 10.0 Å². The molecule has 0 N–H and O–H groups in total. The van der Waals surface area contributed by atoms with Crippen molar-refractivity contribution in [2.75, 3.05) is 5.75 Å². The normalized spacial score (nSPS) is 11.6. The van der Waals surface area contributed by atoms with Gasteiger partial charge in [-0.05, 0) is 18.6 Å². The van der Waals surface area contributed by atoms with Gasteiger partial charge in [0, 0.05) is 0 Å². The highest BCUT2D eigenvalue weighted by molar-refractivity contribution is 7.89. The van der Waals surface area contributed by atoms with Crippen molar-refractivity contribution < 1.29 is 8.42 Å². The average Bonchev–Trinajstić information content (AvgIpc) is 2.62. The van der Waals surface area contributed by atoms with E-state index >= 15 is 0 Å². The maximum Gasteiger partial charge on any atom is 0.253 e. The summed E-state index contributed by atoms with van der Waals surface area (Å²) in [5.74, 6) is 0.167. The highest BCUT2D eigenvalue weighted by Crippen LogP contribution is 2.14. The molecule has 149 valence electrons. The number of hydrogen-bond donors (Lipinski definition) is 0. The summed E-state index contributed by atoms with van der Waals surface area (Å²) < 4.78 is 27.8. The van der Waals surface area contributed by atoms with Gasteiger partial charge in [-0.2, -0.15) is 4.72 Å². The Morgan fingerprint density at radius 1 is 0.654 bits per heavy atom. The first-order valence-corrected chi connectivity index (χ1v) is 12.3. The van der Waals surface area contributed by atoms with Crippen LogP contribution in [0.1, 0.15) is 96.8 Å².